The summed E-state index contributed by atoms with van der Waals surface area (Å²) in [5, 5.41) is 9.23. The number of aromatic nitrogens is 2. The maximum atomic E-state index is 9.23. The lowest BCUT2D eigenvalue weighted by atomic mass is 10.2. The third kappa shape index (κ3) is 2.39. The van der Waals surface area contributed by atoms with E-state index in [9.17, 15) is 5.11 Å². The number of nitrogens with zero attached hydrogens (tertiary/aromatic N) is 2. The molecule has 17 heavy (non-hydrogen) atoms. The second kappa shape index (κ2) is 4.71. The molecular formula is C12H12BrN3O. The predicted molar refractivity (Wildman–Crippen MR) is 70.6 cm³/mol. The standard InChI is InChI=1S/C12H12BrN3O/c1-2-9-10(13)11(14)16-12(15-9)7-3-5-8(17)6-4-7/h3-6,17H,2H2,1H3,(H2,14,15,16). The van der Waals surface area contributed by atoms with Crippen molar-refractivity contribution in [2.75, 3.05) is 5.73 Å². The summed E-state index contributed by atoms with van der Waals surface area (Å²) in [6.07, 6.45) is 0.776. The van der Waals surface area contributed by atoms with Crippen LogP contribution < -0.4 is 5.73 Å². The quantitative estimate of drug-likeness (QED) is 0.893. The minimum absolute atomic E-state index is 0.217. The van der Waals surface area contributed by atoms with E-state index in [1.54, 1.807) is 24.3 Å². The lowest BCUT2D eigenvalue weighted by molar-refractivity contribution is 0.475. The van der Waals surface area contributed by atoms with Gasteiger partial charge in [-0.1, -0.05) is 6.92 Å². The summed E-state index contributed by atoms with van der Waals surface area (Å²) in [4.78, 5) is 8.65. The van der Waals surface area contributed by atoms with Crippen molar-refractivity contribution in [1.29, 1.82) is 0 Å². The first-order valence-corrected chi connectivity index (χ1v) is 6.02. The summed E-state index contributed by atoms with van der Waals surface area (Å²) < 4.78 is 0.752. The summed E-state index contributed by atoms with van der Waals surface area (Å²) in [6.45, 7) is 2.01. The van der Waals surface area contributed by atoms with Gasteiger partial charge in [-0.2, -0.15) is 0 Å². The van der Waals surface area contributed by atoms with E-state index in [0.717, 1.165) is 22.2 Å². The van der Waals surface area contributed by atoms with Crippen molar-refractivity contribution in [2.24, 2.45) is 0 Å². The Morgan fingerprint density at radius 2 is 1.88 bits per heavy atom. The van der Waals surface area contributed by atoms with E-state index in [4.69, 9.17) is 5.73 Å². The predicted octanol–water partition coefficient (Wildman–Crippen LogP) is 2.76. The minimum atomic E-state index is 0.217. The van der Waals surface area contributed by atoms with Crippen molar-refractivity contribution in [2.45, 2.75) is 13.3 Å². The molecule has 1 aromatic heterocycles. The Morgan fingerprint density at radius 1 is 1.24 bits per heavy atom. The number of aromatic hydroxyl groups is 1. The average molecular weight is 294 g/mol. The van der Waals surface area contributed by atoms with Crippen LogP contribution in [0.25, 0.3) is 11.4 Å². The SMILES string of the molecule is CCc1nc(-c2ccc(O)cc2)nc(N)c1Br. The molecule has 0 atom stereocenters. The molecule has 0 spiro atoms. The highest BCUT2D eigenvalue weighted by atomic mass is 79.9. The average Bonchev–Trinajstić information content (AvgIpc) is 2.33. The maximum absolute atomic E-state index is 9.23. The molecule has 0 saturated heterocycles. The van der Waals surface area contributed by atoms with Crippen LogP contribution in [0.5, 0.6) is 5.75 Å². The Morgan fingerprint density at radius 3 is 2.47 bits per heavy atom. The largest absolute Gasteiger partial charge is 0.508 e. The molecular weight excluding hydrogens is 282 g/mol. The molecule has 3 N–H and O–H groups in total. The van der Waals surface area contributed by atoms with Crippen molar-refractivity contribution in [3.8, 4) is 17.1 Å². The molecule has 0 aliphatic heterocycles. The van der Waals surface area contributed by atoms with Crippen molar-refractivity contribution < 1.29 is 5.11 Å². The lowest BCUT2D eigenvalue weighted by Gasteiger charge is -2.07. The van der Waals surface area contributed by atoms with E-state index in [2.05, 4.69) is 25.9 Å². The topological polar surface area (TPSA) is 72.0 Å². The van der Waals surface area contributed by atoms with Gasteiger partial charge >= 0.3 is 0 Å². The number of anilines is 1. The van der Waals surface area contributed by atoms with Crippen LogP contribution in [0.15, 0.2) is 28.7 Å². The fraction of sp³-hybridized carbons (Fsp3) is 0.167. The van der Waals surface area contributed by atoms with Crippen LogP contribution in [0, 0.1) is 0 Å². The zero-order valence-corrected chi connectivity index (χ0v) is 10.9. The number of nitrogens with two attached hydrogens (primary N) is 1. The molecule has 0 fully saturated rings. The highest BCUT2D eigenvalue weighted by molar-refractivity contribution is 9.10. The first kappa shape index (κ1) is 11.9. The van der Waals surface area contributed by atoms with E-state index < -0.39 is 0 Å². The minimum Gasteiger partial charge on any atom is -0.508 e. The van der Waals surface area contributed by atoms with Crippen LogP contribution >= 0.6 is 15.9 Å². The van der Waals surface area contributed by atoms with Gasteiger partial charge in [-0.15, -0.1) is 0 Å². The number of benzene rings is 1. The zero-order valence-electron chi connectivity index (χ0n) is 9.31. The molecule has 1 heterocycles. The van der Waals surface area contributed by atoms with E-state index in [1.165, 1.54) is 0 Å². The summed E-state index contributed by atoms with van der Waals surface area (Å²) in [6, 6.07) is 6.72. The highest BCUT2D eigenvalue weighted by Crippen LogP contribution is 2.26. The van der Waals surface area contributed by atoms with Crippen LogP contribution in [0.1, 0.15) is 12.6 Å². The van der Waals surface area contributed by atoms with Gasteiger partial charge in [0.1, 0.15) is 11.6 Å². The molecule has 0 unspecified atom stereocenters. The molecule has 0 radical (unpaired) electrons. The van der Waals surface area contributed by atoms with Crippen LogP contribution in [0.3, 0.4) is 0 Å². The maximum Gasteiger partial charge on any atom is 0.161 e. The van der Waals surface area contributed by atoms with Crippen LogP contribution in [-0.2, 0) is 6.42 Å². The van der Waals surface area contributed by atoms with E-state index >= 15 is 0 Å². The molecule has 88 valence electrons. The fourth-order valence-corrected chi connectivity index (χ4v) is 1.94. The van der Waals surface area contributed by atoms with Gasteiger partial charge in [0.15, 0.2) is 5.82 Å². The number of rotatable bonds is 2. The van der Waals surface area contributed by atoms with Crippen molar-refractivity contribution >= 4 is 21.7 Å². The number of nitrogen functional groups attached to an aromatic ring is 1. The van der Waals surface area contributed by atoms with Gasteiger partial charge < -0.3 is 10.8 Å². The molecule has 4 nitrogen and oxygen atoms in total. The number of hydrogen-bond acceptors (Lipinski definition) is 4. The number of halogens is 1. The molecule has 2 aromatic rings. The van der Waals surface area contributed by atoms with Gasteiger partial charge in [0.25, 0.3) is 0 Å². The first-order chi connectivity index (χ1) is 8.11. The van der Waals surface area contributed by atoms with Gasteiger partial charge in [-0.05, 0) is 46.6 Å². The Bertz CT molecular complexity index is 540. The Balaban J connectivity index is 2.52. The lowest BCUT2D eigenvalue weighted by Crippen LogP contribution is -2.02. The van der Waals surface area contributed by atoms with Crippen LogP contribution in [0.4, 0.5) is 5.82 Å². The summed E-state index contributed by atoms with van der Waals surface area (Å²) in [7, 11) is 0. The molecule has 0 aliphatic rings. The van der Waals surface area contributed by atoms with Crippen LogP contribution in [-0.4, -0.2) is 15.1 Å². The molecule has 0 bridgehead atoms. The number of aryl methyl sites for hydroxylation is 1. The van der Waals surface area contributed by atoms with Crippen LogP contribution in [0.2, 0.25) is 0 Å². The van der Waals surface area contributed by atoms with E-state index in [1.807, 2.05) is 6.92 Å². The second-order valence-corrected chi connectivity index (χ2v) is 4.39. The van der Waals surface area contributed by atoms with E-state index in [-0.39, 0.29) is 5.75 Å². The van der Waals surface area contributed by atoms with E-state index in [0.29, 0.717) is 11.6 Å². The van der Waals surface area contributed by atoms with Gasteiger partial charge in [0, 0.05) is 5.56 Å². The molecule has 2 rings (SSSR count). The monoisotopic (exact) mass is 293 g/mol. The second-order valence-electron chi connectivity index (χ2n) is 3.59. The number of phenols is 1. The third-order valence-electron chi connectivity index (χ3n) is 2.41. The molecule has 5 heteroatoms. The first-order valence-electron chi connectivity index (χ1n) is 5.23. The van der Waals surface area contributed by atoms with Gasteiger partial charge in [-0.25, -0.2) is 9.97 Å². The van der Waals surface area contributed by atoms with Gasteiger partial charge in [0.05, 0.1) is 10.2 Å². The van der Waals surface area contributed by atoms with Crippen molar-refractivity contribution in [1.82, 2.24) is 9.97 Å². The van der Waals surface area contributed by atoms with Crippen molar-refractivity contribution in [3.05, 3.63) is 34.4 Å². The zero-order chi connectivity index (χ0) is 12.4. The van der Waals surface area contributed by atoms with Gasteiger partial charge in [-0.3, -0.25) is 0 Å². The Hall–Kier alpha value is -1.62. The summed E-state index contributed by atoms with van der Waals surface area (Å²) in [5.41, 5.74) is 7.52. The van der Waals surface area contributed by atoms with Crippen molar-refractivity contribution in [3.63, 3.8) is 0 Å². The Kier molecular flexibility index (Phi) is 3.28. The fourth-order valence-electron chi connectivity index (χ4n) is 1.49. The normalized spacial score (nSPS) is 10.5. The Labute approximate surface area is 108 Å². The summed E-state index contributed by atoms with van der Waals surface area (Å²) >= 11 is 3.37. The number of phenolic OH excluding ortho intramolecular Hbond substituents is 1. The molecule has 0 saturated carbocycles. The highest BCUT2D eigenvalue weighted by Gasteiger charge is 2.09. The smallest absolute Gasteiger partial charge is 0.161 e. The van der Waals surface area contributed by atoms with Gasteiger partial charge in [0.2, 0.25) is 0 Å². The summed E-state index contributed by atoms with van der Waals surface area (Å²) in [5.74, 6) is 1.22. The molecule has 1 aromatic carbocycles. The molecule has 0 aliphatic carbocycles. The third-order valence-corrected chi connectivity index (χ3v) is 3.27. The number of hydrogen-bond donors (Lipinski definition) is 2. The molecule has 0 amide bonds.